The van der Waals surface area contributed by atoms with Crippen LogP contribution in [0, 0.1) is 22.5 Å². The molecule has 0 fully saturated rings. The van der Waals surface area contributed by atoms with Gasteiger partial charge < -0.3 is 28.8 Å². The predicted molar refractivity (Wildman–Crippen MR) is 399 cm³/mol. The van der Waals surface area contributed by atoms with Gasteiger partial charge in [-0.2, -0.15) is 0 Å². The van der Waals surface area contributed by atoms with Crippen molar-refractivity contribution in [2.45, 2.75) is 231 Å². The van der Waals surface area contributed by atoms with Crippen molar-refractivity contribution >= 4 is 43.6 Å². The number of aryl methyl sites for hydroxylation is 2. The Hall–Kier alpha value is -7.58. The highest BCUT2D eigenvalue weighted by molar-refractivity contribution is 6.11. The fourth-order valence-corrected chi connectivity index (χ4v) is 15.0. The van der Waals surface area contributed by atoms with Crippen LogP contribution in [0.2, 0.25) is 0 Å². The summed E-state index contributed by atoms with van der Waals surface area (Å²) in [6.45, 7) is 53.6. The normalized spacial score (nSPS) is 13.3. The van der Waals surface area contributed by atoms with Gasteiger partial charge in [0.15, 0.2) is 0 Å². The van der Waals surface area contributed by atoms with Gasteiger partial charge in [0.25, 0.3) is 0 Å². The standard InChI is InChI=1S/C87H108F2N2O4/c1-25-52-38-60(88)48-68(66-40-58(86(21,22)50-80(3,4)5)46-74(76(66)92)90-70-42-54(82(9,10)11)28-32-62(70)63-33-29-55(43-71(63)90)83(12,13)14)78(52)94-36-27-37-95-79-53(26-2)39-61(89)49-69(79)67-41-59(87(23,24)51-81(6,7)8)47-75(77(67)93)91-72-44-56(84(15,16)17)30-34-64(72)65-35-31-57(45-73(65)91)85(18,19)20/h28-35,38-49,92-93H,25-27,36-37,50-51H2,1-24H3. The molecule has 10 aromatic rings. The molecule has 0 spiro atoms. The third-order valence-corrected chi connectivity index (χ3v) is 19.6. The number of benzene rings is 8. The summed E-state index contributed by atoms with van der Waals surface area (Å²) < 4.78 is 51.4. The van der Waals surface area contributed by atoms with Gasteiger partial charge in [-0.3, -0.25) is 0 Å². The van der Waals surface area contributed by atoms with Gasteiger partial charge >= 0.3 is 0 Å². The summed E-state index contributed by atoms with van der Waals surface area (Å²) in [6, 6.07) is 41.4. The topological polar surface area (TPSA) is 68.8 Å². The molecule has 0 aliphatic carbocycles. The number of halogens is 2. The molecule has 0 bridgehead atoms. The van der Waals surface area contributed by atoms with Crippen LogP contribution in [0.4, 0.5) is 8.78 Å². The highest BCUT2D eigenvalue weighted by Gasteiger charge is 2.35. The molecule has 8 heteroatoms. The summed E-state index contributed by atoms with van der Waals surface area (Å²) in [5.74, 6) is 0.184. The SMILES string of the molecule is CCc1cc(F)cc(-c2cc(C(C)(C)CC(C)(C)C)cc(-n3c4cc(C(C)(C)C)ccc4c4ccc(C(C)(C)C)cc43)c2O)c1OCCCOc1c(CC)cc(F)cc1-c1cc(C(C)(C)CC(C)(C)C)cc(-n2c3cc(C(C)(C)C)ccc3c3ccc(C(C)(C)C)cc32)c1O. The van der Waals surface area contributed by atoms with Gasteiger partial charge in [-0.05, 0) is 186 Å². The van der Waals surface area contributed by atoms with Crippen LogP contribution >= 0.6 is 0 Å². The first-order valence-electron chi connectivity index (χ1n) is 34.8. The monoisotopic (exact) mass is 1280 g/mol. The Kier molecular flexibility index (Phi) is 18.3. The number of phenols is 2. The summed E-state index contributed by atoms with van der Waals surface area (Å²) in [6.07, 6.45) is 3.00. The number of rotatable bonds is 16. The molecule has 0 aliphatic rings. The smallest absolute Gasteiger partial charge is 0.147 e. The highest BCUT2D eigenvalue weighted by Crippen LogP contribution is 2.52. The number of aromatic nitrogens is 2. The van der Waals surface area contributed by atoms with Gasteiger partial charge in [0.05, 0.1) is 46.7 Å². The van der Waals surface area contributed by atoms with Gasteiger partial charge in [0.2, 0.25) is 0 Å². The van der Waals surface area contributed by atoms with Crippen molar-refractivity contribution in [3.63, 3.8) is 0 Å². The second-order valence-corrected chi connectivity index (χ2v) is 35.3. The average molecular weight is 1280 g/mol. The average Bonchev–Trinajstić information content (AvgIpc) is 1.62. The fourth-order valence-electron chi connectivity index (χ4n) is 15.0. The first-order chi connectivity index (χ1) is 43.9. The van der Waals surface area contributed by atoms with E-state index in [4.69, 9.17) is 9.47 Å². The molecular formula is C87H108F2N2O4. The van der Waals surface area contributed by atoms with Gasteiger partial charge in [-0.1, -0.05) is 215 Å². The van der Waals surface area contributed by atoms with E-state index in [0.717, 1.165) is 67.6 Å². The van der Waals surface area contributed by atoms with Crippen LogP contribution in [0.1, 0.15) is 230 Å². The minimum absolute atomic E-state index is 0.0259. The Bertz CT molecular complexity index is 4150. The van der Waals surface area contributed by atoms with Crippen LogP contribution in [-0.4, -0.2) is 32.6 Å². The van der Waals surface area contributed by atoms with E-state index in [1.807, 2.05) is 13.8 Å². The van der Waals surface area contributed by atoms with Gasteiger partial charge in [0.1, 0.15) is 34.6 Å². The first kappa shape index (κ1) is 70.2. The van der Waals surface area contributed by atoms with E-state index in [1.54, 1.807) is 0 Å². The number of hydrogen-bond acceptors (Lipinski definition) is 4. The lowest BCUT2D eigenvalue weighted by atomic mass is 9.71. The molecule has 0 radical (unpaired) electrons. The van der Waals surface area contributed by atoms with E-state index in [0.29, 0.717) is 75.5 Å². The minimum atomic E-state index is -0.426. The van der Waals surface area contributed by atoms with Crippen LogP contribution in [-0.2, 0) is 45.3 Å². The molecule has 0 amide bonds. The maximum atomic E-state index is 16.5. The quantitative estimate of drug-likeness (QED) is 0.0946. The van der Waals surface area contributed by atoms with E-state index in [9.17, 15) is 10.2 Å². The Labute approximate surface area is 567 Å². The summed E-state index contributed by atoms with van der Waals surface area (Å²) in [5, 5.41) is 31.0. The van der Waals surface area contributed by atoms with Gasteiger partial charge in [0, 0.05) is 50.2 Å². The Morgan fingerprint density at radius 3 is 0.884 bits per heavy atom. The molecule has 0 unspecified atom stereocenters. The summed E-state index contributed by atoms with van der Waals surface area (Å²) in [4.78, 5) is 0. The van der Waals surface area contributed by atoms with E-state index in [-0.39, 0.29) is 57.2 Å². The van der Waals surface area contributed by atoms with Crippen LogP contribution in [0.15, 0.2) is 121 Å². The number of aromatic hydroxyl groups is 2. The molecule has 0 aliphatic heterocycles. The summed E-state index contributed by atoms with van der Waals surface area (Å²) in [7, 11) is 0. The van der Waals surface area contributed by atoms with Crippen LogP contribution in [0.25, 0.3) is 77.2 Å². The second-order valence-electron chi connectivity index (χ2n) is 35.3. The fraction of sp³-hybridized carbons (Fsp3) is 0.448. The molecule has 95 heavy (non-hydrogen) atoms. The van der Waals surface area contributed by atoms with Crippen molar-refractivity contribution in [3.8, 4) is 56.6 Å². The zero-order chi connectivity index (χ0) is 69.8. The highest BCUT2D eigenvalue weighted by atomic mass is 19.1. The van der Waals surface area contributed by atoms with Crippen molar-refractivity contribution < 1.29 is 28.5 Å². The minimum Gasteiger partial charge on any atom is -0.505 e. The largest absolute Gasteiger partial charge is 0.505 e. The van der Waals surface area contributed by atoms with E-state index in [1.165, 1.54) is 46.5 Å². The maximum absolute atomic E-state index is 16.5. The molecule has 0 atom stereocenters. The third kappa shape index (κ3) is 14.2. The summed E-state index contributed by atoms with van der Waals surface area (Å²) >= 11 is 0. The second kappa shape index (κ2) is 24.8. The molecule has 10 rings (SSSR count). The molecule has 2 N–H and O–H groups in total. The number of ether oxygens (including phenoxy) is 2. The lowest BCUT2D eigenvalue weighted by Gasteiger charge is -2.34. The molecule has 0 saturated carbocycles. The van der Waals surface area contributed by atoms with Crippen molar-refractivity contribution in [3.05, 3.63) is 177 Å². The summed E-state index contributed by atoms with van der Waals surface area (Å²) in [5.41, 5.74) is 13.6. The van der Waals surface area contributed by atoms with Crippen LogP contribution < -0.4 is 9.47 Å². The molecule has 2 heterocycles. The van der Waals surface area contributed by atoms with Crippen LogP contribution in [0.5, 0.6) is 23.0 Å². The number of phenolic OH excluding ortho intramolecular Hbond substituents is 2. The van der Waals surface area contributed by atoms with E-state index >= 15 is 8.78 Å². The predicted octanol–water partition coefficient (Wildman–Crippen LogP) is 24.5. The third-order valence-electron chi connectivity index (χ3n) is 19.6. The number of nitrogens with zero attached hydrogens (tertiary/aromatic N) is 2. The molecule has 2 aromatic heterocycles. The number of fused-ring (bicyclic) bond motifs is 6. The zero-order valence-electron chi connectivity index (χ0n) is 61.9. The molecule has 8 aromatic carbocycles. The molecule has 0 saturated heterocycles. The zero-order valence-corrected chi connectivity index (χ0v) is 61.9. The van der Waals surface area contributed by atoms with E-state index < -0.39 is 22.5 Å². The van der Waals surface area contributed by atoms with Crippen molar-refractivity contribution in [1.82, 2.24) is 9.13 Å². The van der Waals surface area contributed by atoms with Gasteiger partial charge in [-0.25, -0.2) is 8.78 Å². The van der Waals surface area contributed by atoms with E-state index in [2.05, 4.69) is 259 Å². The maximum Gasteiger partial charge on any atom is 0.147 e. The number of hydrogen-bond donors (Lipinski definition) is 2. The lowest BCUT2D eigenvalue weighted by Crippen LogP contribution is -2.25. The van der Waals surface area contributed by atoms with Gasteiger partial charge in [-0.15, -0.1) is 0 Å². The molecule has 504 valence electrons. The lowest BCUT2D eigenvalue weighted by molar-refractivity contribution is 0.245. The Balaban J connectivity index is 1.09. The molecule has 6 nitrogen and oxygen atoms in total. The van der Waals surface area contributed by atoms with Crippen molar-refractivity contribution in [2.75, 3.05) is 13.2 Å². The molecular weight excluding hydrogens is 1170 g/mol. The first-order valence-corrected chi connectivity index (χ1v) is 34.8. The van der Waals surface area contributed by atoms with Crippen molar-refractivity contribution in [2.24, 2.45) is 10.8 Å². The van der Waals surface area contributed by atoms with Crippen LogP contribution in [0.3, 0.4) is 0 Å². The Morgan fingerprint density at radius 1 is 0.347 bits per heavy atom. The Morgan fingerprint density at radius 2 is 0.632 bits per heavy atom. The van der Waals surface area contributed by atoms with Crippen molar-refractivity contribution in [1.29, 1.82) is 0 Å².